The van der Waals surface area contributed by atoms with Crippen molar-refractivity contribution in [3.8, 4) is 0 Å². The van der Waals surface area contributed by atoms with Crippen LogP contribution >= 0.6 is 11.8 Å². The van der Waals surface area contributed by atoms with Crippen LogP contribution < -0.4 is 5.32 Å². The van der Waals surface area contributed by atoms with Crippen molar-refractivity contribution in [1.29, 1.82) is 0 Å². The molecule has 1 N–H and O–H groups in total. The summed E-state index contributed by atoms with van der Waals surface area (Å²) in [5.41, 5.74) is 0. The van der Waals surface area contributed by atoms with Crippen molar-refractivity contribution in [3.05, 3.63) is 0 Å². The molecule has 1 atom stereocenters. The Hall–Kier alpha value is 0.310. The van der Waals surface area contributed by atoms with Gasteiger partial charge in [0, 0.05) is 6.04 Å². The van der Waals surface area contributed by atoms with E-state index in [9.17, 15) is 0 Å². The van der Waals surface area contributed by atoms with Gasteiger partial charge < -0.3 is 5.32 Å². The lowest BCUT2D eigenvalue weighted by molar-refractivity contribution is 0.536. The summed E-state index contributed by atoms with van der Waals surface area (Å²) in [6, 6.07) is 0.701. The van der Waals surface area contributed by atoms with Crippen LogP contribution in [0.2, 0.25) is 0 Å². The Bertz CT molecular complexity index is 58.3. The second kappa shape index (κ2) is 7.42. The predicted octanol–water partition coefficient (Wildman–Crippen LogP) is 2.13. The second-order valence-corrected chi connectivity index (χ2v) is 3.62. The van der Waals surface area contributed by atoms with Gasteiger partial charge in [0.1, 0.15) is 0 Å². The first-order valence-electron chi connectivity index (χ1n) is 4.03. The van der Waals surface area contributed by atoms with Crippen molar-refractivity contribution in [2.45, 2.75) is 32.7 Å². The highest BCUT2D eigenvalue weighted by Crippen LogP contribution is 1.99. The lowest BCUT2D eigenvalue weighted by atomic mass is 10.2. The van der Waals surface area contributed by atoms with Gasteiger partial charge in [0.2, 0.25) is 0 Å². The molecule has 2 heteroatoms. The van der Waals surface area contributed by atoms with E-state index in [0.717, 1.165) is 6.54 Å². The van der Waals surface area contributed by atoms with E-state index < -0.39 is 0 Å². The van der Waals surface area contributed by atoms with Crippen LogP contribution in [0.25, 0.3) is 0 Å². The summed E-state index contributed by atoms with van der Waals surface area (Å²) >= 11 is 1.92. The zero-order valence-corrected chi connectivity index (χ0v) is 8.13. The summed E-state index contributed by atoms with van der Waals surface area (Å²) in [7, 11) is 0. The van der Waals surface area contributed by atoms with Crippen molar-refractivity contribution >= 4 is 11.8 Å². The summed E-state index contributed by atoms with van der Waals surface area (Å²) in [6.07, 6.45) is 4.69. The van der Waals surface area contributed by atoms with E-state index in [4.69, 9.17) is 0 Å². The third-order valence-electron chi connectivity index (χ3n) is 1.50. The molecule has 10 heavy (non-hydrogen) atoms. The number of nitrogens with one attached hydrogen (secondary N) is 1. The molecule has 0 fully saturated rings. The minimum atomic E-state index is 0.701. The number of hydrogen-bond acceptors (Lipinski definition) is 2. The van der Waals surface area contributed by atoms with Gasteiger partial charge in [0.15, 0.2) is 0 Å². The molecule has 0 aromatic carbocycles. The van der Waals surface area contributed by atoms with E-state index >= 15 is 0 Å². The monoisotopic (exact) mass is 161 g/mol. The summed E-state index contributed by atoms with van der Waals surface area (Å²) in [5.74, 6) is 1.28. The van der Waals surface area contributed by atoms with Gasteiger partial charge in [-0.25, -0.2) is 0 Å². The van der Waals surface area contributed by atoms with Crippen LogP contribution in [0, 0.1) is 0 Å². The van der Waals surface area contributed by atoms with Crippen LogP contribution in [0.1, 0.15) is 26.7 Å². The maximum atomic E-state index is 3.45. The molecule has 0 aliphatic carbocycles. The van der Waals surface area contributed by atoms with Gasteiger partial charge in [-0.3, -0.25) is 0 Å². The first-order chi connectivity index (χ1) is 4.81. The SMILES string of the molecule is CCCNC(C)CCSC. The quantitative estimate of drug-likeness (QED) is 0.640. The van der Waals surface area contributed by atoms with Crippen molar-refractivity contribution in [2.24, 2.45) is 0 Å². The molecular formula is C8H19NS. The van der Waals surface area contributed by atoms with Crippen LogP contribution in [0.5, 0.6) is 0 Å². The molecule has 0 bridgehead atoms. The lowest BCUT2D eigenvalue weighted by Gasteiger charge is -2.11. The van der Waals surface area contributed by atoms with E-state index in [2.05, 4.69) is 25.4 Å². The van der Waals surface area contributed by atoms with Crippen LogP contribution in [0.4, 0.5) is 0 Å². The third kappa shape index (κ3) is 6.43. The molecule has 0 rings (SSSR count). The first kappa shape index (κ1) is 10.3. The molecule has 0 radical (unpaired) electrons. The molecule has 0 heterocycles. The van der Waals surface area contributed by atoms with Crippen LogP contribution in [0.3, 0.4) is 0 Å². The molecule has 0 aromatic heterocycles. The zero-order chi connectivity index (χ0) is 7.82. The molecule has 0 aromatic rings. The van der Waals surface area contributed by atoms with E-state index in [0.29, 0.717) is 6.04 Å². The van der Waals surface area contributed by atoms with Gasteiger partial charge in [-0.15, -0.1) is 0 Å². The highest BCUT2D eigenvalue weighted by Gasteiger charge is 1.97. The van der Waals surface area contributed by atoms with Gasteiger partial charge in [-0.1, -0.05) is 6.92 Å². The van der Waals surface area contributed by atoms with Gasteiger partial charge in [-0.2, -0.15) is 11.8 Å². The smallest absolute Gasteiger partial charge is 0.00465 e. The molecule has 0 saturated carbocycles. The molecular weight excluding hydrogens is 142 g/mol. The van der Waals surface area contributed by atoms with Crippen molar-refractivity contribution in [2.75, 3.05) is 18.6 Å². The average Bonchev–Trinajstić information content (AvgIpc) is 1.97. The fourth-order valence-electron chi connectivity index (χ4n) is 0.787. The largest absolute Gasteiger partial charge is 0.314 e. The van der Waals surface area contributed by atoms with E-state index in [1.165, 1.54) is 18.6 Å². The van der Waals surface area contributed by atoms with Crippen molar-refractivity contribution in [1.82, 2.24) is 5.32 Å². The molecule has 62 valence electrons. The fraction of sp³-hybridized carbons (Fsp3) is 1.00. The lowest BCUT2D eigenvalue weighted by Crippen LogP contribution is -2.27. The first-order valence-corrected chi connectivity index (χ1v) is 5.43. The fourth-order valence-corrected chi connectivity index (χ4v) is 1.38. The second-order valence-electron chi connectivity index (χ2n) is 2.64. The molecule has 0 aliphatic heterocycles. The van der Waals surface area contributed by atoms with Gasteiger partial charge in [0.05, 0.1) is 0 Å². The van der Waals surface area contributed by atoms with E-state index in [1.54, 1.807) is 0 Å². The predicted molar refractivity (Wildman–Crippen MR) is 50.8 cm³/mol. The average molecular weight is 161 g/mol. The van der Waals surface area contributed by atoms with Gasteiger partial charge in [0.25, 0.3) is 0 Å². The molecule has 0 aliphatic rings. The minimum absolute atomic E-state index is 0.701. The Balaban J connectivity index is 3.00. The Morgan fingerprint density at radius 1 is 1.50 bits per heavy atom. The summed E-state index contributed by atoms with van der Waals surface area (Å²) < 4.78 is 0. The Morgan fingerprint density at radius 3 is 2.70 bits per heavy atom. The van der Waals surface area contributed by atoms with Gasteiger partial charge >= 0.3 is 0 Å². The standard InChI is InChI=1S/C8H19NS/c1-4-6-9-8(2)5-7-10-3/h8-9H,4-7H2,1-3H3. The van der Waals surface area contributed by atoms with E-state index in [-0.39, 0.29) is 0 Å². The molecule has 0 spiro atoms. The van der Waals surface area contributed by atoms with Crippen LogP contribution in [-0.4, -0.2) is 24.6 Å². The summed E-state index contributed by atoms with van der Waals surface area (Å²) in [5, 5.41) is 3.45. The number of thioether (sulfide) groups is 1. The molecule has 1 unspecified atom stereocenters. The van der Waals surface area contributed by atoms with E-state index in [1.807, 2.05) is 11.8 Å². The normalized spacial score (nSPS) is 13.5. The maximum absolute atomic E-state index is 3.45. The minimum Gasteiger partial charge on any atom is -0.314 e. The van der Waals surface area contributed by atoms with Gasteiger partial charge in [-0.05, 0) is 38.3 Å². The summed E-state index contributed by atoms with van der Waals surface area (Å²) in [4.78, 5) is 0. The highest BCUT2D eigenvalue weighted by molar-refractivity contribution is 7.98. The Kier molecular flexibility index (Phi) is 7.65. The molecule has 0 amide bonds. The maximum Gasteiger partial charge on any atom is 0.00465 e. The topological polar surface area (TPSA) is 12.0 Å². The van der Waals surface area contributed by atoms with Crippen molar-refractivity contribution in [3.63, 3.8) is 0 Å². The zero-order valence-electron chi connectivity index (χ0n) is 7.31. The molecule has 0 saturated heterocycles. The summed E-state index contributed by atoms with van der Waals surface area (Å²) in [6.45, 7) is 5.62. The van der Waals surface area contributed by atoms with Crippen LogP contribution in [0.15, 0.2) is 0 Å². The Labute approximate surface area is 69.0 Å². The molecule has 1 nitrogen and oxygen atoms in total. The third-order valence-corrected chi connectivity index (χ3v) is 2.14. The number of hydrogen-bond donors (Lipinski definition) is 1. The van der Waals surface area contributed by atoms with Crippen molar-refractivity contribution < 1.29 is 0 Å². The number of rotatable bonds is 6. The Morgan fingerprint density at radius 2 is 2.20 bits per heavy atom. The highest BCUT2D eigenvalue weighted by atomic mass is 32.2. The van der Waals surface area contributed by atoms with Crippen LogP contribution in [-0.2, 0) is 0 Å².